The Bertz CT molecular complexity index is 363. The number of hydrogen-bond acceptors (Lipinski definition) is 2. The van der Waals surface area contributed by atoms with Crippen LogP contribution in [-0.2, 0) is 9.59 Å². The largest absolute Gasteiger partial charge is 0.370 e. The highest BCUT2D eigenvalue weighted by Crippen LogP contribution is 2.15. The summed E-state index contributed by atoms with van der Waals surface area (Å²) in [7, 11) is 0. The molecule has 0 saturated heterocycles. The first kappa shape index (κ1) is 29.9. The molecule has 0 rings (SSSR count). The second-order valence-corrected chi connectivity index (χ2v) is 9.56. The van der Waals surface area contributed by atoms with Crippen molar-refractivity contribution in [3.05, 3.63) is 0 Å². The van der Waals surface area contributed by atoms with Gasteiger partial charge < -0.3 is 11.5 Å². The van der Waals surface area contributed by atoms with Gasteiger partial charge in [0, 0.05) is 12.8 Å². The van der Waals surface area contributed by atoms with Gasteiger partial charge in [-0.15, -0.1) is 0 Å². The second kappa shape index (κ2) is 25.2. The van der Waals surface area contributed by atoms with Crippen LogP contribution in [0.5, 0.6) is 0 Å². The zero-order valence-corrected chi connectivity index (χ0v) is 20.6. The number of unbranched alkanes of at least 4 members (excludes halogenated alkanes) is 22. The van der Waals surface area contributed by atoms with E-state index in [9.17, 15) is 9.59 Å². The van der Waals surface area contributed by atoms with Gasteiger partial charge in [0.15, 0.2) is 0 Å². The Balaban J connectivity index is 3.02. The van der Waals surface area contributed by atoms with Gasteiger partial charge in [0.25, 0.3) is 0 Å². The molecule has 0 aliphatic carbocycles. The fraction of sp³-hybridized carbons (Fsp3) is 0.926. The summed E-state index contributed by atoms with van der Waals surface area (Å²) < 4.78 is 0. The maximum Gasteiger partial charge on any atom is 0.217 e. The predicted octanol–water partition coefficient (Wildman–Crippen LogP) is 7.71. The van der Waals surface area contributed by atoms with E-state index in [4.69, 9.17) is 11.5 Å². The van der Waals surface area contributed by atoms with Crippen LogP contribution in [-0.4, -0.2) is 11.8 Å². The van der Waals surface area contributed by atoms with E-state index in [1.54, 1.807) is 0 Å². The Hall–Kier alpha value is -1.06. The number of primary amides is 2. The van der Waals surface area contributed by atoms with E-state index in [2.05, 4.69) is 0 Å². The molecule has 2 amide bonds. The third-order valence-corrected chi connectivity index (χ3v) is 6.35. The fourth-order valence-corrected chi connectivity index (χ4v) is 4.31. The standard InChI is InChI=1S/C27H54N2O2/c28-26(30)24-22-20-18-16-14-12-10-8-6-4-2-1-3-5-7-9-11-13-15-17-19-21-23-25-27(29)31/h1-25H2,(H2,28,30)(H2,29,31). The van der Waals surface area contributed by atoms with Crippen LogP contribution >= 0.6 is 0 Å². The molecule has 0 spiro atoms. The number of amides is 2. The molecule has 0 aliphatic rings. The van der Waals surface area contributed by atoms with Crippen molar-refractivity contribution in [2.75, 3.05) is 0 Å². The van der Waals surface area contributed by atoms with Gasteiger partial charge in [0.1, 0.15) is 0 Å². The fourth-order valence-electron chi connectivity index (χ4n) is 4.31. The number of hydrogen-bond donors (Lipinski definition) is 2. The molecule has 0 atom stereocenters. The van der Waals surface area contributed by atoms with E-state index in [0.717, 1.165) is 25.7 Å². The lowest BCUT2D eigenvalue weighted by molar-refractivity contribution is -0.119. The summed E-state index contributed by atoms with van der Waals surface area (Å²) in [5.41, 5.74) is 10.3. The normalized spacial score (nSPS) is 11.1. The minimum Gasteiger partial charge on any atom is -0.370 e. The number of carbonyl (C=O) groups excluding carboxylic acids is 2. The minimum atomic E-state index is -0.159. The molecular formula is C27H54N2O2. The van der Waals surface area contributed by atoms with Gasteiger partial charge in [-0.1, -0.05) is 135 Å². The average Bonchev–Trinajstić information content (AvgIpc) is 2.73. The first-order valence-electron chi connectivity index (χ1n) is 13.7. The molecule has 0 aromatic rings. The third kappa shape index (κ3) is 28.9. The zero-order chi connectivity index (χ0) is 22.8. The summed E-state index contributed by atoms with van der Waals surface area (Å²) in [6, 6.07) is 0. The third-order valence-electron chi connectivity index (χ3n) is 6.35. The summed E-state index contributed by atoms with van der Waals surface area (Å²) in [6.07, 6.45) is 31.6. The second-order valence-electron chi connectivity index (χ2n) is 9.56. The summed E-state index contributed by atoms with van der Waals surface area (Å²) in [6.45, 7) is 0. The highest BCUT2D eigenvalue weighted by atomic mass is 16.1. The van der Waals surface area contributed by atoms with E-state index in [1.807, 2.05) is 0 Å². The van der Waals surface area contributed by atoms with Gasteiger partial charge in [0.05, 0.1) is 0 Å². The van der Waals surface area contributed by atoms with Crippen molar-refractivity contribution >= 4 is 11.8 Å². The molecule has 0 unspecified atom stereocenters. The molecule has 0 bridgehead atoms. The Morgan fingerprint density at radius 1 is 0.290 bits per heavy atom. The van der Waals surface area contributed by atoms with Gasteiger partial charge in [-0.05, 0) is 12.8 Å². The molecular weight excluding hydrogens is 384 g/mol. The molecule has 0 fully saturated rings. The van der Waals surface area contributed by atoms with Crippen LogP contribution in [0.4, 0.5) is 0 Å². The number of carbonyl (C=O) groups is 2. The van der Waals surface area contributed by atoms with Crippen LogP contribution in [0.2, 0.25) is 0 Å². The highest BCUT2D eigenvalue weighted by molar-refractivity contribution is 5.73. The van der Waals surface area contributed by atoms with Crippen molar-refractivity contribution in [2.24, 2.45) is 11.5 Å². The van der Waals surface area contributed by atoms with Crippen molar-refractivity contribution in [1.29, 1.82) is 0 Å². The quantitative estimate of drug-likeness (QED) is 0.135. The van der Waals surface area contributed by atoms with Crippen LogP contribution in [0.1, 0.15) is 161 Å². The average molecular weight is 439 g/mol. The zero-order valence-electron chi connectivity index (χ0n) is 20.6. The lowest BCUT2D eigenvalue weighted by Crippen LogP contribution is -2.09. The van der Waals surface area contributed by atoms with Crippen molar-refractivity contribution in [3.8, 4) is 0 Å². The molecule has 0 aliphatic heterocycles. The van der Waals surface area contributed by atoms with Crippen molar-refractivity contribution in [1.82, 2.24) is 0 Å². The van der Waals surface area contributed by atoms with E-state index < -0.39 is 0 Å². The van der Waals surface area contributed by atoms with Crippen LogP contribution in [0.15, 0.2) is 0 Å². The molecule has 4 N–H and O–H groups in total. The summed E-state index contributed by atoms with van der Waals surface area (Å²) >= 11 is 0. The van der Waals surface area contributed by atoms with Gasteiger partial charge >= 0.3 is 0 Å². The topological polar surface area (TPSA) is 86.2 Å². The van der Waals surface area contributed by atoms with Crippen molar-refractivity contribution in [2.45, 2.75) is 161 Å². The SMILES string of the molecule is NC(=O)CCCCCCCCCCCCCCCCCCCCCCCCCC(N)=O. The van der Waals surface area contributed by atoms with Gasteiger partial charge in [0.2, 0.25) is 11.8 Å². The van der Waals surface area contributed by atoms with Crippen LogP contribution in [0.25, 0.3) is 0 Å². The molecule has 4 nitrogen and oxygen atoms in total. The maximum absolute atomic E-state index is 10.6. The Morgan fingerprint density at radius 2 is 0.419 bits per heavy atom. The molecule has 4 heteroatoms. The monoisotopic (exact) mass is 438 g/mol. The summed E-state index contributed by atoms with van der Waals surface area (Å²) in [5, 5.41) is 0. The number of rotatable bonds is 26. The molecule has 184 valence electrons. The van der Waals surface area contributed by atoms with Crippen molar-refractivity contribution < 1.29 is 9.59 Å². The molecule has 31 heavy (non-hydrogen) atoms. The molecule has 0 saturated carbocycles. The molecule has 0 aromatic heterocycles. The van der Waals surface area contributed by atoms with E-state index in [1.165, 1.54) is 122 Å². The maximum atomic E-state index is 10.6. The first-order chi connectivity index (χ1) is 15.1. The Labute approximate surface area is 193 Å². The summed E-state index contributed by atoms with van der Waals surface area (Å²) in [4.78, 5) is 21.3. The Kier molecular flexibility index (Phi) is 24.3. The van der Waals surface area contributed by atoms with Gasteiger partial charge in [-0.3, -0.25) is 9.59 Å². The molecule has 0 heterocycles. The number of nitrogens with two attached hydrogens (primary N) is 2. The predicted molar refractivity (Wildman–Crippen MR) is 134 cm³/mol. The van der Waals surface area contributed by atoms with E-state index >= 15 is 0 Å². The lowest BCUT2D eigenvalue weighted by Gasteiger charge is -2.04. The highest BCUT2D eigenvalue weighted by Gasteiger charge is 1.97. The first-order valence-corrected chi connectivity index (χ1v) is 13.7. The van der Waals surface area contributed by atoms with Crippen LogP contribution < -0.4 is 11.5 Å². The van der Waals surface area contributed by atoms with E-state index in [-0.39, 0.29) is 11.8 Å². The van der Waals surface area contributed by atoms with Crippen LogP contribution in [0.3, 0.4) is 0 Å². The lowest BCUT2D eigenvalue weighted by atomic mass is 10.0. The van der Waals surface area contributed by atoms with Gasteiger partial charge in [-0.25, -0.2) is 0 Å². The van der Waals surface area contributed by atoms with Crippen molar-refractivity contribution in [3.63, 3.8) is 0 Å². The van der Waals surface area contributed by atoms with Gasteiger partial charge in [-0.2, -0.15) is 0 Å². The molecule has 0 aromatic carbocycles. The van der Waals surface area contributed by atoms with E-state index in [0.29, 0.717) is 12.8 Å². The smallest absolute Gasteiger partial charge is 0.217 e. The van der Waals surface area contributed by atoms with Crippen LogP contribution in [0, 0.1) is 0 Å². The summed E-state index contributed by atoms with van der Waals surface area (Å²) in [5.74, 6) is -0.317. The Morgan fingerprint density at radius 3 is 0.548 bits per heavy atom. The minimum absolute atomic E-state index is 0.159. The molecule has 0 radical (unpaired) electrons.